The smallest absolute Gasteiger partial charge is 0.157 e. The number of aryl methyl sites for hydroxylation is 1. The zero-order valence-corrected chi connectivity index (χ0v) is 11.6. The SMILES string of the molecule is Cc1c[nH]c2c(N(C)c3cccc(Cl)c3)nccc12. The van der Waals surface area contributed by atoms with Crippen molar-refractivity contribution < 1.29 is 0 Å². The summed E-state index contributed by atoms with van der Waals surface area (Å²) in [5, 5.41) is 1.91. The lowest BCUT2D eigenvalue weighted by Gasteiger charge is -2.19. The second-order valence-corrected chi connectivity index (χ2v) is 5.00. The van der Waals surface area contributed by atoms with Crippen LogP contribution < -0.4 is 4.90 Å². The average Bonchev–Trinajstić information content (AvgIpc) is 2.80. The van der Waals surface area contributed by atoms with Crippen molar-refractivity contribution in [3.05, 3.63) is 53.3 Å². The molecule has 2 aromatic heterocycles. The molecule has 0 aliphatic rings. The van der Waals surface area contributed by atoms with Crippen LogP contribution in [0.5, 0.6) is 0 Å². The monoisotopic (exact) mass is 271 g/mol. The predicted octanol–water partition coefficient (Wildman–Crippen LogP) is 4.29. The first-order chi connectivity index (χ1) is 9.16. The van der Waals surface area contributed by atoms with Gasteiger partial charge in [-0.3, -0.25) is 0 Å². The molecule has 2 heterocycles. The number of hydrogen-bond acceptors (Lipinski definition) is 2. The van der Waals surface area contributed by atoms with E-state index in [0.717, 1.165) is 22.0 Å². The number of hydrogen-bond donors (Lipinski definition) is 1. The topological polar surface area (TPSA) is 31.9 Å². The van der Waals surface area contributed by atoms with Gasteiger partial charge >= 0.3 is 0 Å². The molecule has 19 heavy (non-hydrogen) atoms. The number of fused-ring (bicyclic) bond motifs is 1. The molecule has 96 valence electrons. The summed E-state index contributed by atoms with van der Waals surface area (Å²) in [6, 6.07) is 9.77. The molecule has 0 amide bonds. The van der Waals surface area contributed by atoms with Gasteiger partial charge in [-0.25, -0.2) is 4.98 Å². The Bertz CT molecular complexity index is 733. The lowest BCUT2D eigenvalue weighted by atomic mass is 10.2. The summed E-state index contributed by atoms with van der Waals surface area (Å²) in [7, 11) is 1.99. The third kappa shape index (κ3) is 2.06. The highest BCUT2D eigenvalue weighted by atomic mass is 35.5. The number of nitrogens with one attached hydrogen (secondary N) is 1. The molecule has 1 aromatic carbocycles. The normalized spacial score (nSPS) is 10.9. The number of aromatic amines is 1. The molecule has 0 bridgehead atoms. The van der Waals surface area contributed by atoms with Crippen molar-refractivity contribution in [2.75, 3.05) is 11.9 Å². The fourth-order valence-corrected chi connectivity index (χ4v) is 2.43. The molecule has 3 rings (SSSR count). The highest BCUT2D eigenvalue weighted by Crippen LogP contribution is 2.30. The van der Waals surface area contributed by atoms with Gasteiger partial charge in [-0.05, 0) is 36.8 Å². The number of benzene rings is 1. The fourth-order valence-electron chi connectivity index (χ4n) is 2.24. The third-order valence-corrected chi connectivity index (χ3v) is 3.54. The summed E-state index contributed by atoms with van der Waals surface area (Å²) in [4.78, 5) is 9.79. The fraction of sp³-hybridized carbons (Fsp3) is 0.133. The van der Waals surface area contributed by atoms with Gasteiger partial charge < -0.3 is 9.88 Å². The Labute approximate surface area is 116 Å². The average molecular weight is 272 g/mol. The minimum absolute atomic E-state index is 0.721. The van der Waals surface area contributed by atoms with Crippen molar-refractivity contribution in [2.45, 2.75) is 6.92 Å². The van der Waals surface area contributed by atoms with E-state index in [1.165, 1.54) is 10.9 Å². The van der Waals surface area contributed by atoms with E-state index in [9.17, 15) is 0 Å². The first-order valence-electron chi connectivity index (χ1n) is 6.09. The molecule has 1 N–H and O–H groups in total. The Morgan fingerprint density at radius 1 is 1.26 bits per heavy atom. The molecule has 0 atom stereocenters. The molecule has 3 aromatic rings. The number of aromatic nitrogens is 2. The van der Waals surface area contributed by atoms with Crippen molar-refractivity contribution in [1.29, 1.82) is 0 Å². The maximum Gasteiger partial charge on any atom is 0.157 e. The maximum atomic E-state index is 6.04. The van der Waals surface area contributed by atoms with E-state index in [1.807, 2.05) is 54.7 Å². The number of H-pyrrole nitrogens is 1. The van der Waals surface area contributed by atoms with Gasteiger partial charge in [0.05, 0.1) is 5.52 Å². The highest BCUT2D eigenvalue weighted by Gasteiger charge is 2.12. The lowest BCUT2D eigenvalue weighted by Crippen LogP contribution is -2.11. The van der Waals surface area contributed by atoms with Crippen LogP contribution >= 0.6 is 11.6 Å². The lowest BCUT2D eigenvalue weighted by molar-refractivity contribution is 1.14. The molecular weight excluding hydrogens is 258 g/mol. The molecule has 0 fully saturated rings. The van der Waals surface area contributed by atoms with E-state index in [2.05, 4.69) is 16.9 Å². The van der Waals surface area contributed by atoms with Gasteiger partial charge in [-0.15, -0.1) is 0 Å². The molecule has 4 heteroatoms. The van der Waals surface area contributed by atoms with Gasteiger partial charge in [0.2, 0.25) is 0 Å². The van der Waals surface area contributed by atoms with Crippen LogP contribution in [0.2, 0.25) is 5.02 Å². The highest BCUT2D eigenvalue weighted by molar-refractivity contribution is 6.30. The van der Waals surface area contributed by atoms with Crippen molar-refractivity contribution in [2.24, 2.45) is 0 Å². The second-order valence-electron chi connectivity index (χ2n) is 4.57. The summed E-state index contributed by atoms with van der Waals surface area (Å²) in [5.74, 6) is 0.896. The molecule has 0 radical (unpaired) electrons. The Morgan fingerprint density at radius 3 is 2.89 bits per heavy atom. The minimum atomic E-state index is 0.721. The van der Waals surface area contributed by atoms with E-state index in [4.69, 9.17) is 11.6 Å². The van der Waals surface area contributed by atoms with Crippen LogP contribution in [0.15, 0.2) is 42.7 Å². The molecule has 0 saturated carbocycles. The molecule has 3 nitrogen and oxygen atoms in total. The third-order valence-electron chi connectivity index (χ3n) is 3.30. The first kappa shape index (κ1) is 12.1. The van der Waals surface area contributed by atoms with Crippen molar-refractivity contribution in [3.8, 4) is 0 Å². The molecule has 0 spiro atoms. The van der Waals surface area contributed by atoms with E-state index in [1.54, 1.807) is 0 Å². The second kappa shape index (κ2) is 4.59. The number of halogens is 1. The zero-order chi connectivity index (χ0) is 13.4. The van der Waals surface area contributed by atoms with Gasteiger partial charge in [-0.2, -0.15) is 0 Å². The van der Waals surface area contributed by atoms with Crippen LogP contribution in [-0.2, 0) is 0 Å². The van der Waals surface area contributed by atoms with Gasteiger partial charge in [0.1, 0.15) is 0 Å². The first-order valence-corrected chi connectivity index (χ1v) is 6.46. The van der Waals surface area contributed by atoms with Gasteiger partial charge in [0.15, 0.2) is 5.82 Å². The van der Waals surface area contributed by atoms with Crippen LogP contribution in [0.4, 0.5) is 11.5 Å². The van der Waals surface area contributed by atoms with E-state index in [0.29, 0.717) is 0 Å². The standard InChI is InChI=1S/C15H14ClN3/c1-10-9-18-14-13(10)6-7-17-15(14)19(2)12-5-3-4-11(16)8-12/h3-9,18H,1-2H3. The Hall–Kier alpha value is -2.00. The molecule has 0 saturated heterocycles. The number of nitrogens with zero attached hydrogens (tertiary/aromatic N) is 2. The van der Waals surface area contributed by atoms with Gasteiger partial charge in [-0.1, -0.05) is 17.7 Å². The maximum absolute atomic E-state index is 6.04. The van der Waals surface area contributed by atoms with Crippen LogP contribution in [-0.4, -0.2) is 17.0 Å². The largest absolute Gasteiger partial charge is 0.358 e. The van der Waals surface area contributed by atoms with Crippen molar-refractivity contribution in [3.63, 3.8) is 0 Å². The summed E-state index contributed by atoms with van der Waals surface area (Å²) in [6.45, 7) is 2.09. The Morgan fingerprint density at radius 2 is 2.11 bits per heavy atom. The van der Waals surface area contributed by atoms with Crippen molar-refractivity contribution >= 4 is 34.0 Å². The van der Waals surface area contributed by atoms with Crippen LogP contribution in [0.25, 0.3) is 10.9 Å². The number of pyridine rings is 1. The summed E-state index contributed by atoms with van der Waals surface area (Å²) >= 11 is 6.04. The molecular formula is C15H14ClN3. The Kier molecular flexibility index (Phi) is 2.91. The summed E-state index contributed by atoms with van der Waals surface area (Å²) < 4.78 is 0. The molecule has 0 aliphatic heterocycles. The summed E-state index contributed by atoms with van der Waals surface area (Å²) in [6.07, 6.45) is 3.83. The quantitative estimate of drug-likeness (QED) is 0.754. The summed E-state index contributed by atoms with van der Waals surface area (Å²) in [5.41, 5.74) is 3.28. The van der Waals surface area contributed by atoms with E-state index < -0.39 is 0 Å². The Balaban J connectivity index is 2.14. The zero-order valence-electron chi connectivity index (χ0n) is 10.8. The molecule has 0 aliphatic carbocycles. The van der Waals surface area contributed by atoms with Gasteiger partial charge in [0.25, 0.3) is 0 Å². The predicted molar refractivity (Wildman–Crippen MR) is 80.3 cm³/mol. The van der Waals surface area contributed by atoms with Crippen molar-refractivity contribution in [1.82, 2.24) is 9.97 Å². The minimum Gasteiger partial charge on any atom is -0.358 e. The van der Waals surface area contributed by atoms with Crippen LogP contribution in [0.3, 0.4) is 0 Å². The van der Waals surface area contributed by atoms with E-state index >= 15 is 0 Å². The van der Waals surface area contributed by atoms with Crippen LogP contribution in [0.1, 0.15) is 5.56 Å². The number of rotatable bonds is 2. The molecule has 0 unspecified atom stereocenters. The van der Waals surface area contributed by atoms with Gasteiger partial charge in [0, 0.05) is 35.5 Å². The number of anilines is 2. The van der Waals surface area contributed by atoms with E-state index in [-0.39, 0.29) is 0 Å². The van der Waals surface area contributed by atoms with Crippen LogP contribution in [0, 0.1) is 6.92 Å².